The molecule has 0 bridgehead atoms. The molecule has 0 fully saturated rings. The van der Waals surface area contributed by atoms with E-state index in [9.17, 15) is 14.7 Å². The summed E-state index contributed by atoms with van der Waals surface area (Å²) >= 11 is 0. The van der Waals surface area contributed by atoms with Crippen LogP contribution in [0.15, 0.2) is 24.3 Å². The van der Waals surface area contributed by atoms with Crippen LogP contribution in [-0.2, 0) is 0 Å². The predicted molar refractivity (Wildman–Crippen MR) is 45.7 cm³/mol. The molecular formula is C10H8O3. The third-order valence-corrected chi connectivity index (χ3v) is 2.30. The molecule has 0 saturated carbocycles. The second-order valence-electron chi connectivity index (χ2n) is 3.28. The minimum atomic E-state index is -1.86. The molecule has 0 spiro atoms. The molecule has 1 aliphatic carbocycles. The van der Waals surface area contributed by atoms with Gasteiger partial charge in [-0.15, -0.1) is 0 Å². The molecule has 13 heavy (non-hydrogen) atoms. The van der Waals surface area contributed by atoms with Gasteiger partial charge in [0, 0.05) is 11.1 Å². The van der Waals surface area contributed by atoms with Crippen molar-refractivity contribution in [1.29, 1.82) is 0 Å². The summed E-state index contributed by atoms with van der Waals surface area (Å²) in [7, 11) is 0. The molecule has 3 heteroatoms. The van der Waals surface area contributed by atoms with Crippen molar-refractivity contribution < 1.29 is 14.7 Å². The Kier molecular flexibility index (Phi) is 1.42. The van der Waals surface area contributed by atoms with Gasteiger partial charge in [0.25, 0.3) is 0 Å². The molecule has 0 unspecified atom stereocenters. The number of benzene rings is 1. The van der Waals surface area contributed by atoms with Crippen LogP contribution in [0, 0.1) is 0 Å². The highest BCUT2D eigenvalue weighted by Gasteiger charge is 2.47. The van der Waals surface area contributed by atoms with Crippen molar-refractivity contribution in [2.45, 2.75) is 12.5 Å². The second kappa shape index (κ2) is 2.26. The molecule has 1 N–H and O–H groups in total. The molecule has 0 saturated heterocycles. The highest BCUT2D eigenvalue weighted by atomic mass is 16.3. The van der Waals surface area contributed by atoms with E-state index in [2.05, 4.69) is 0 Å². The topological polar surface area (TPSA) is 54.4 Å². The van der Waals surface area contributed by atoms with Crippen LogP contribution in [0.3, 0.4) is 0 Å². The molecule has 0 heterocycles. The molecule has 0 atom stereocenters. The van der Waals surface area contributed by atoms with Crippen LogP contribution in [0.2, 0.25) is 0 Å². The predicted octanol–water partition coefficient (Wildman–Crippen LogP) is 0.817. The van der Waals surface area contributed by atoms with E-state index in [-0.39, 0.29) is 0 Å². The van der Waals surface area contributed by atoms with Gasteiger partial charge in [-0.25, -0.2) is 0 Å². The van der Waals surface area contributed by atoms with Crippen molar-refractivity contribution in [2.75, 3.05) is 0 Å². The third kappa shape index (κ3) is 0.876. The van der Waals surface area contributed by atoms with Gasteiger partial charge in [-0.1, -0.05) is 24.3 Å². The smallest absolute Gasteiger partial charge is 0.202 e. The van der Waals surface area contributed by atoms with E-state index in [4.69, 9.17) is 0 Å². The first-order chi connectivity index (χ1) is 6.05. The van der Waals surface area contributed by atoms with Crippen LogP contribution >= 0.6 is 0 Å². The summed E-state index contributed by atoms with van der Waals surface area (Å²) in [4.78, 5) is 22.9. The van der Waals surface area contributed by atoms with Gasteiger partial charge >= 0.3 is 0 Å². The Bertz CT molecular complexity index is 367. The summed E-state index contributed by atoms with van der Waals surface area (Å²) in [5.74, 6) is -1.01. The fourth-order valence-corrected chi connectivity index (χ4v) is 1.51. The number of hydrogen-bond donors (Lipinski definition) is 1. The van der Waals surface area contributed by atoms with Gasteiger partial charge in [-0.3, -0.25) is 9.59 Å². The lowest BCUT2D eigenvalue weighted by Crippen LogP contribution is -2.37. The Morgan fingerprint density at radius 2 is 1.46 bits per heavy atom. The number of ketones is 2. The number of hydrogen-bond acceptors (Lipinski definition) is 3. The molecular weight excluding hydrogens is 168 g/mol. The zero-order valence-corrected chi connectivity index (χ0v) is 7.07. The van der Waals surface area contributed by atoms with Crippen molar-refractivity contribution in [3.63, 3.8) is 0 Å². The van der Waals surface area contributed by atoms with Crippen molar-refractivity contribution in [3.8, 4) is 0 Å². The highest BCUT2D eigenvalue weighted by molar-refractivity contribution is 6.31. The van der Waals surface area contributed by atoms with Gasteiger partial charge in [0.05, 0.1) is 0 Å². The van der Waals surface area contributed by atoms with E-state index in [1.54, 1.807) is 24.3 Å². The van der Waals surface area contributed by atoms with Crippen LogP contribution in [0.25, 0.3) is 0 Å². The van der Waals surface area contributed by atoms with Crippen LogP contribution in [-0.4, -0.2) is 22.3 Å². The molecule has 2 rings (SSSR count). The third-order valence-electron chi connectivity index (χ3n) is 2.30. The minimum Gasteiger partial charge on any atom is -0.374 e. The maximum atomic E-state index is 11.5. The molecule has 3 nitrogen and oxygen atoms in total. The second-order valence-corrected chi connectivity index (χ2v) is 3.28. The van der Waals surface area contributed by atoms with Crippen molar-refractivity contribution in [3.05, 3.63) is 35.4 Å². The first-order valence-electron chi connectivity index (χ1n) is 3.96. The van der Waals surface area contributed by atoms with E-state index in [0.29, 0.717) is 11.1 Å². The highest BCUT2D eigenvalue weighted by Crippen LogP contribution is 2.29. The lowest BCUT2D eigenvalue weighted by molar-refractivity contribution is 0.0397. The Morgan fingerprint density at radius 3 is 1.85 bits per heavy atom. The average Bonchev–Trinajstić information content (AvgIpc) is 2.30. The molecule has 1 aromatic rings. The van der Waals surface area contributed by atoms with Gasteiger partial charge < -0.3 is 5.11 Å². The lowest BCUT2D eigenvalue weighted by Gasteiger charge is -2.10. The van der Waals surface area contributed by atoms with Crippen LogP contribution in [0.5, 0.6) is 0 Å². The number of fused-ring (bicyclic) bond motifs is 1. The van der Waals surface area contributed by atoms with Gasteiger partial charge in [0.1, 0.15) is 0 Å². The summed E-state index contributed by atoms with van der Waals surface area (Å²) in [6.45, 7) is 1.23. The normalized spacial score (nSPS) is 18.9. The molecule has 1 aromatic carbocycles. The number of Topliss-reactive ketones (excluding diaryl/α,β-unsaturated/α-hetero) is 2. The first-order valence-corrected chi connectivity index (χ1v) is 3.96. The van der Waals surface area contributed by atoms with Gasteiger partial charge in [0.15, 0.2) is 5.60 Å². The molecule has 0 radical (unpaired) electrons. The van der Waals surface area contributed by atoms with E-state index in [0.717, 1.165) is 0 Å². The minimum absolute atomic E-state index is 0.317. The number of carbonyl (C=O) groups excluding carboxylic acids is 2. The van der Waals surface area contributed by atoms with E-state index in [1.807, 2.05) is 0 Å². The molecule has 66 valence electrons. The Hall–Kier alpha value is -1.48. The largest absolute Gasteiger partial charge is 0.374 e. The SMILES string of the molecule is CC1(O)C(=O)c2ccccc2C1=O. The monoisotopic (exact) mass is 176 g/mol. The summed E-state index contributed by atoms with van der Waals surface area (Å²) in [6, 6.07) is 6.45. The number of rotatable bonds is 0. The van der Waals surface area contributed by atoms with Crippen molar-refractivity contribution in [1.82, 2.24) is 0 Å². The number of aliphatic hydroxyl groups is 1. The molecule has 0 amide bonds. The molecule has 0 aromatic heterocycles. The zero-order chi connectivity index (χ0) is 9.64. The molecule has 0 aliphatic heterocycles. The Balaban J connectivity index is 2.71. The van der Waals surface area contributed by atoms with Crippen molar-refractivity contribution in [2.24, 2.45) is 0 Å². The van der Waals surface area contributed by atoms with Crippen LogP contribution < -0.4 is 0 Å². The average molecular weight is 176 g/mol. The maximum absolute atomic E-state index is 11.5. The Morgan fingerprint density at radius 1 is 1.08 bits per heavy atom. The lowest BCUT2D eigenvalue weighted by atomic mass is 10.0. The summed E-state index contributed by atoms with van der Waals surface area (Å²) in [5.41, 5.74) is -1.22. The zero-order valence-electron chi connectivity index (χ0n) is 7.07. The van der Waals surface area contributed by atoms with E-state index >= 15 is 0 Å². The molecule has 1 aliphatic rings. The quantitative estimate of drug-likeness (QED) is 0.595. The maximum Gasteiger partial charge on any atom is 0.202 e. The summed E-state index contributed by atoms with van der Waals surface area (Å²) in [5, 5.41) is 9.55. The van der Waals surface area contributed by atoms with Crippen LogP contribution in [0.1, 0.15) is 27.6 Å². The van der Waals surface area contributed by atoms with Gasteiger partial charge in [-0.05, 0) is 6.92 Å². The van der Waals surface area contributed by atoms with Gasteiger partial charge in [0.2, 0.25) is 11.6 Å². The van der Waals surface area contributed by atoms with Crippen LogP contribution in [0.4, 0.5) is 0 Å². The van der Waals surface area contributed by atoms with E-state index in [1.165, 1.54) is 6.92 Å². The fraction of sp³-hybridized carbons (Fsp3) is 0.200. The number of carbonyl (C=O) groups is 2. The first kappa shape index (κ1) is 8.13. The fourth-order valence-electron chi connectivity index (χ4n) is 1.51. The standard InChI is InChI=1S/C10H8O3/c1-10(13)8(11)6-4-2-3-5-7(6)9(10)12/h2-5,13H,1H3. The summed E-state index contributed by atoms with van der Waals surface area (Å²) in [6.07, 6.45) is 0. The van der Waals surface area contributed by atoms with Crippen molar-refractivity contribution >= 4 is 11.6 Å². The summed E-state index contributed by atoms with van der Waals surface area (Å²) < 4.78 is 0. The van der Waals surface area contributed by atoms with E-state index < -0.39 is 17.2 Å². The van der Waals surface area contributed by atoms with Gasteiger partial charge in [-0.2, -0.15) is 0 Å². The Labute approximate surface area is 75.0 Å².